The first kappa shape index (κ1) is 24.7. The van der Waals surface area contributed by atoms with E-state index in [1.54, 1.807) is 12.1 Å². The van der Waals surface area contributed by atoms with Gasteiger partial charge in [0.25, 0.3) is 5.91 Å². The van der Waals surface area contributed by atoms with Gasteiger partial charge in [0, 0.05) is 12.1 Å². The van der Waals surface area contributed by atoms with Crippen molar-refractivity contribution in [2.75, 3.05) is 26.1 Å². The number of methoxy groups -OCH3 is 2. The van der Waals surface area contributed by atoms with E-state index in [0.717, 1.165) is 12.1 Å². The van der Waals surface area contributed by atoms with E-state index in [0.29, 0.717) is 6.07 Å². The SMILES string of the molecule is COc1cc(NC(=O)c2ccccc2Cl)c(C(=O)OCC(=O)c2cc(F)ccc2F)cc1OC. The van der Waals surface area contributed by atoms with Crippen molar-refractivity contribution >= 4 is 34.9 Å². The lowest BCUT2D eigenvalue weighted by Gasteiger charge is -2.15. The van der Waals surface area contributed by atoms with Crippen molar-refractivity contribution in [3.8, 4) is 11.5 Å². The maximum Gasteiger partial charge on any atom is 0.340 e. The van der Waals surface area contributed by atoms with Crippen LogP contribution in [0.2, 0.25) is 5.02 Å². The zero-order valence-corrected chi connectivity index (χ0v) is 18.7. The van der Waals surface area contributed by atoms with Gasteiger partial charge in [0.05, 0.1) is 41.6 Å². The lowest BCUT2D eigenvalue weighted by molar-refractivity contribution is 0.0474. The molecule has 176 valence electrons. The summed E-state index contributed by atoms with van der Waals surface area (Å²) in [4.78, 5) is 37.8. The lowest BCUT2D eigenvalue weighted by Crippen LogP contribution is -2.19. The molecule has 34 heavy (non-hydrogen) atoms. The number of anilines is 1. The minimum Gasteiger partial charge on any atom is -0.493 e. The van der Waals surface area contributed by atoms with Gasteiger partial charge in [0.15, 0.2) is 18.1 Å². The van der Waals surface area contributed by atoms with Crippen LogP contribution in [0.1, 0.15) is 31.1 Å². The maximum absolute atomic E-state index is 13.8. The number of esters is 1. The zero-order chi connectivity index (χ0) is 24.8. The van der Waals surface area contributed by atoms with Crippen molar-refractivity contribution in [1.29, 1.82) is 0 Å². The summed E-state index contributed by atoms with van der Waals surface area (Å²) in [7, 11) is 2.70. The number of amides is 1. The van der Waals surface area contributed by atoms with E-state index in [4.69, 9.17) is 25.8 Å². The molecule has 7 nitrogen and oxygen atoms in total. The van der Waals surface area contributed by atoms with Gasteiger partial charge in [-0.3, -0.25) is 9.59 Å². The number of ketones is 1. The summed E-state index contributed by atoms with van der Waals surface area (Å²) in [6.45, 7) is -0.870. The highest BCUT2D eigenvalue weighted by Crippen LogP contribution is 2.34. The predicted molar refractivity (Wildman–Crippen MR) is 120 cm³/mol. The third-order valence-corrected chi connectivity index (χ3v) is 5.00. The van der Waals surface area contributed by atoms with Crippen LogP contribution in [0.25, 0.3) is 0 Å². The molecule has 0 heterocycles. The highest BCUT2D eigenvalue weighted by atomic mass is 35.5. The van der Waals surface area contributed by atoms with Crippen LogP contribution in [0, 0.1) is 11.6 Å². The van der Waals surface area contributed by atoms with Crippen LogP contribution in [-0.2, 0) is 4.74 Å². The van der Waals surface area contributed by atoms with Crippen LogP contribution in [0.5, 0.6) is 11.5 Å². The van der Waals surface area contributed by atoms with Crippen LogP contribution < -0.4 is 14.8 Å². The van der Waals surface area contributed by atoms with E-state index in [1.165, 1.54) is 38.5 Å². The van der Waals surface area contributed by atoms with Crippen molar-refractivity contribution in [3.05, 3.63) is 87.9 Å². The molecule has 0 radical (unpaired) electrons. The first-order valence-corrected chi connectivity index (χ1v) is 10.1. The second-order valence-electron chi connectivity index (χ2n) is 6.81. The lowest BCUT2D eigenvalue weighted by atomic mass is 10.1. The molecule has 3 aromatic rings. The van der Waals surface area contributed by atoms with Crippen LogP contribution >= 0.6 is 11.6 Å². The highest BCUT2D eigenvalue weighted by Gasteiger charge is 2.23. The molecule has 0 unspecified atom stereocenters. The van der Waals surface area contributed by atoms with Crippen LogP contribution in [0.4, 0.5) is 14.5 Å². The molecule has 1 amide bonds. The number of benzene rings is 3. The van der Waals surface area contributed by atoms with Crippen LogP contribution in [-0.4, -0.2) is 38.5 Å². The molecule has 0 aromatic heterocycles. The summed E-state index contributed by atoms with van der Waals surface area (Å²) in [6.07, 6.45) is 0. The van der Waals surface area contributed by atoms with Gasteiger partial charge in [-0.1, -0.05) is 23.7 Å². The van der Waals surface area contributed by atoms with Gasteiger partial charge in [-0.2, -0.15) is 0 Å². The molecule has 3 rings (SSSR count). The number of carbonyl (C=O) groups is 3. The molecular formula is C24H18ClF2NO6. The minimum atomic E-state index is -1.03. The molecule has 0 bridgehead atoms. The van der Waals surface area contributed by atoms with E-state index in [9.17, 15) is 23.2 Å². The molecule has 1 N–H and O–H groups in total. The van der Waals surface area contributed by atoms with E-state index < -0.39 is 41.5 Å². The quantitative estimate of drug-likeness (QED) is 0.356. The smallest absolute Gasteiger partial charge is 0.340 e. The monoisotopic (exact) mass is 489 g/mol. The Morgan fingerprint density at radius 1 is 0.882 bits per heavy atom. The van der Waals surface area contributed by atoms with Gasteiger partial charge in [-0.25, -0.2) is 13.6 Å². The molecule has 0 aliphatic heterocycles. The van der Waals surface area contributed by atoms with Gasteiger partial charge < -0.3 is 19.5 Å². The fraction of sp³-hybridized carbons (Fsp3) is 0.125. The van der Waals surface area contributed by atoms with Crippen LogP contribution in [0.15, 0.2) is 54.6 Å². The average molecular weight is 490 g/mol. The van der Waals surface area contributed by atoms with Crippen molar-refractivity contribution in [3.63, 3.8) is 0 Å². The van der Waals surface area contributed by atoms with Gasteiger partial charge in [0.1, 0.15) is 11.6 Å². The Morgan fingerprint density at radius 3 is 2.24 bits per heavy atom. The molecule has 0 fully saturated rings. The first-order chi connectivity index (χ1) is 16.2. The third kappa shape index (κ3) is 5.49. The number of Topliss-reactive ketones (excluding diaryl/α,β-unsaturated/α-hetero) is 1. The Labute approximate surface area is 198 Å². The second-order valence-corrected chi connectivity index (χ2v) is 7.22. The van der Waals surface area contributed by atoms with Gasteiger partial charge in [0.2, 0.25) is 5.78 Å². The molecule has 0 atom stereocenters. The Bertz CT molecular complexity index is 1260. The maximum atomic E-state index is 13.8. The van der Waals surface area contributed by atoms with Gasteiger partial charge in [-0.05, 0) is 30.3 Å². The fourth-order valence-corrected chi connectivity index (χ4v) is 3.21. The summed E-state index contributed by atoms with van der Waals surface area (Å²) >= 11 is 6.07. The van der Waals surface area contributed by atoms with E-state index >= 15 is 0 Å². The molecule has 0 spiro atoms. The molecule has 3 aromatic carbocycles. The van der Waals surface area contributed by atoms with Gasteiger partial charge in [-0.15, -0.1) is 0 Å². The third-order valence-electron chi connectivity index (χ3n) is 4.67. The van der Waals surface area contributed by atoms with Crippen molar-refractivity contribution in [1.82, 2.24) is 0 Å². The Kier molecular flexibility index (Phi) is 7.80. The van der Waals surface area contributed by atoms with Gasteiger partial charge >= 0.3 is 5.97 Å². The number of hydrogen-bond donors (Lipinski definition) is 1. The standard InChI is InChI=1S/C24H18ClF2NO6/c1-32-21-10-16(24(31)34-12-20(29)15-9-13(26)7-8-18(15)27)19(11-22(21)33-2)28-23(30)14-5-3-4-6-17(14)25/h3-11H,12H2,1-2H3,(H,28,30). The summed E-state index contributed by atoms with van der Waals surface area (Å²) in [5.41, 5.74) is -0.607. The number of rotatable bonds is 8. The molecule has 0 saturated carbocycles. The van der Waals surface area contributed by atoms with Crippen molar-refractivity contribution in [2.45, 2.75) is 0 Å². The number of halogens is 3. The largest absolute Gasteiger partial charge is 0.493 e. The number of ether oxygens (including phenoxy) is 3. The van der Waals surface area contributed by atoms with E-state index in [2.05, 4.69) is 5.32 Å². The molecule has 0 aliphatic carbocycles. The molecular weight excluding hydrogens is 472 g/mol. The summed E-state index contributed by atoms with van der Waals surface area (Å²) in [5, 5.41) is 2.74. The topological polar surface area (TPSA) is 90.9 Å². The number of carbonyl (C=O) groups excluding carboxylic acids is 3. The second kappa shape index (κ2) is 10.8. The summed E-state index contributed by atoms with van der Waals surface area (Å²) in [6, 6.07) is 11.2. The van der Waals surface area contributed by atoms with Crippen molar-refractivity contribution < 1.29 is 37.4 Å². The average Bonchev–Trinajstić information content (AvgIpc) is 2.83. The van der Waals surface area contributed by atoms with Crippen LogP contribution in [0.3, 0.4) is 0 Å². The Hall–Kier alpha value is -3.98. The fourth-order valence-electron chi connectivity index (χ4n) is 2.98. The van der Waals surface area contributed by atoms with E-state index in [-0.39, 0.29) is 33.3 Å². The predicted octanol–water partition coefficient (Wildman–Crippen LogP) is 4.93. The Morgan fingerprint density at radius 2 is 1.56 bits per heavy atom. The summed E-state index contributed by atoms with van der Waals surface area (Å²) in [5.74, 6) is -4.03. The van der Waals surface area contributed by atoms with Crippen molar-refractivity contribution in [2.24, 2.45) is 0 Å². The zero-order valence-electron chi connectivity index (χ0n) is 18.0. The first-order valence-electron chi connectivity index (χ1n) is 9.72. The molecule has 10 heteroatoms. The minimum absolute atomic E-state index is 0.0167. The van der Waals surface area contributed by atoms with E-state index in [1.807, 2.05) is 0 Å². The molecule has 0 saturated heterocycles. The number of hydrogen-bond acceptors (Lipinski definition) is 6. The number of nitrogens with one attached hydrogen (secondary N) is 1. The molecule has 0 aliphatic rings. The highest BCUT2D eigenvalue weighted by molar-refractivity contribution is 6.34. The normalized spacial score (nSPS) is 10.4. The Balaban J connectivity index is 1.88. The summed E-state index contributed by atoms with van der Waals surface area (Å²) < 4.78 is 42.6.